The zero-order chi connectivity index (χ0) is 21.3. The molecule has 11 heteroatoms. The Morgan fingerprint density at radius 3 is 2.34 bits per heavy atom. The van der Waals surface area contributed by atoms with Crippen LogP contribution in [0.5, 0.6) is 0 Å². The van der Waals surface area contributed by atoms with Gasteiger partial charge in [0.1, 0.15) is 11.6 Å². The number of rotatable bonds is 4. The first-order chi connectivity index (χ1) is 13.6. The second kappa shape index (κ2) is 7.84. The van der Waals surface area contributed by atoms with Crippen LogP contribution in [0.15, 0.2) is 41.3 Å². The van der Waals surface area contributed by atoms with E-state index in [1.54, 1.807) is 0 Å². The van der Waals surface area contributed by atoms with Gasteiger partial charge in [-0.2, -0.15) is 4.31 Å². The molecule has 0 aromatic heterocycles. The summed E-state index contributed by atoms with van der Waals surface area (Å²) in [5, 5.41) is 11.1. The molecule has 154 valence electrons. The average molecular weight is 425 g/mol. The molecule has 0 saturated carbocycles. The van der Waals surface area contributed by atoms with E-state index in [4.69, 9.17) is 0 Å². The molecule has 0 N–H and O–H groups in total. The molecule has 1 heterocycles. The minimum absolute atomic E-state index is 0.0106. The van der Waals surface area contributed by atoms with Crippen LogP contribution in [0.4, 0.5) is 14.5 Å². The Hall–Kier alpha value is -2.92. The molecule has 8 nitrogen and oxygen atoms in total. The fraction of sp³-hybridized carbons (Fsp3) is 0.278. The van der Waals surface area contributed by atoms with E-state index in [1.165, 1.54) is 24.0 Å². The number of nitro groups is 1. The smallest absolute Gasteiger partial charge is 0.276 e. The van der Waals surface area contributed by atoms with Gasteiger partial charge >= 0.3 is 0 Å². The fourth-order valence-electron chi connectivity index (χ4n) is 3.07. The Labute approximate surface area is 165 Å². The third-order valence-electron chi connectivity index (χ3n) is 4.72. The highest BCUT2D eigenvalue weighted by Crippen LogP contribution is 2.24. The molecule has 1 fully saturated rings. The van der Waals surface area contributed by atoms with E-state index in [2.05, 4.69) is 0 Å². The van der Waals surface area contributed by atoms with Crippen LogP contribution in [0.25, 0.3) is 0 Å². The molecule has 0 aliphatic carbocycles. The maximum Gasteiger partial charge on any atom is 0.276 e. The molecular formula is C18H17F2N3O5S. The van der Waals surface area contributed by atoms with E-state index in [9.17, 15) is 32.1 Å². The van der Waals surface area contributed by atoms with E-state index >= 15 is 0 Å². The van der Waals surface area contributed by atoms with Crippen molar-refractivity contribution in [2.24, 2.45) is 0 Å². The minimum Gasteiger partial charge on any atom is -0.336 e. The van der Waals surface area contributed by atoms with Crippen LogP contribution in [-0.2, 0) is 10.0 Å². The Morgan fingerprint density at radius 2 is 1.76 bits per heavy atom. The predicted octanol–water partition coefficient (Wildman–Crippen LogP) is 2.33. The van der Waals surface area contributed by atoms with Gasteiger partial charge in [0.2, 0.25) is 10.0 Å². The Bertz CT molecular complexity index is 1080. The van der Waals surface area contributed by atoms with Crippen LogP contribution in [-0.4, -0.2) is 54.6 Å². The first kappa shape index (κ1) is 20.8. The highest BCUT2D eigenvalue weighted by molar-refractivity contribution is 7.89. The van der Waals surface area contributed by atoms with Crippen molar-refractivity contribution in [3.63, 3.8) is 0 Å². The second-order valence-electron chi connectivity index (χ2n) is 6.51. The van der Waals surface area contributed by atoms with Gasteiger partial charge in [-0.1, -0.05) is 6.07 Å². The molecule has 1 aliphatic heterocycles. The molecular weight excluding hydrogens is 408 g/mol. The van der Waals surface area contributed by atoms with E-state index < -0.39 is 38.2 Å². The minimum atomic E-state index is -3.92. The summed E-state index contributed by atoms with van der Waals surface area (Å²) in [5.74, 6) is -2.17. The van der Waals surface area contributed by atoms with E-state index in [0.29, 0.717) is 0 Å². The van der Waals surface area contributed by atoms with Gasteiger partial charge in [-0.05, 0) is 31.2 Å². The van der Waals surface area contributed by atoms with Crippen molar-refractivity contribution in [3.05, 3.63) is 69.3 Å². The molecule has 0 unspecified atom stereocenters. The van der Waals surface area contributed by atoms with Gasteiger partial charge in [-0.25, -0.2) is 17.2 Å². The lowest BCUT2D eigenvalue weighted by Crippen LogP contribution is -2.50. The summed E-state index contributed by atoms with van der Waals surface area (Å²) in [5.41, 5.74) is -0.848. The molecule has 2 aromatic carbocycles. The van der Waals surface area contributed by atoms with Gasteiger partial charge in [0.15, 0.2) is 0 Å². The third-order valence-corrected chi connectivity index (χ3v) is 6.61. The van der Waals surface area contributed by atoms with E-state index in [-0.39, 0.29) is 42.2 Å². The molecule has 1 saturated heterocycles. The molecule has 0 spiro atoms. The second-order valence-corrected chi connectivity index (χ2v) is 8.45. The summed E-state index contributed by atoms with van der Waals surface area (Å²) < 4.78 is 53.7. The number of benzene rings is 2. The third kappa shape index (κ3) is 4.10. The monoisotopic (exact) mass is 425 g/mol. The van der Waals surface area contributed by atoms with Gasteiger partial charge in [-0.3, -0.25) is 14.9 Å². The number of nitrogens with zero attached hydrogens (tertiary/aromatic N) is 3. The van der Waals surface area contributed by atoms with Crippen LogP contribution in [0.1, 0.15) is 15.9 Å². The SMILES string of the molecule is Cc1c(F)cc(C(=O)N2CCN(S(=O)(=O)c3cccc(F)c3)CC2)cc1[N+](=O)[O-]. The number of amides is 1. The van der Waals surface area contributed by atoms with Crippen molar-refractivity contribution < 1.29 is 26.9 Å². The maximum absolute atomic E-state index is 14.0. The summed E-state index contributed by atoms with van der Waals surface area (Å²) in [7, 11) is -3.92. The van der Waals surface area contributed by atoms with Crippen molar-refractivity contribution in [1.29, 1.82) is 0 Å². The van der Waals surface area contributed by atoms with Crippen molar-refractivity contribution in [1.82, 2.24) is 9.21 Å². The fourth-order valence-corrected chi connectivity index (χ4v) is 4.52. The highest BCUT2D eigenvalue weighted by Gasteiger charge is 2.31. The normalized spacial score (nSPS) is 15.3. The number of hydrogen-bond donors (Lipinski definition) is 0. The number of halogens is 2. The highest BCUT2D eigenvalue weighted by atomic mass is 32.2. The van der Waals surface area contributed by atoms with E-state index in [1.807, 2.05) is 0 Å². The molecule has 29 heavy (non-hydrogen) atoms. The van der Waals surface area contributed by atoms with Gasteiger partial charge < -0.3 is 4.90 Å². The standard InChI is InChI=1S/C18H17F2N3O5S/c1-12-16(20)9-13(10-17(12)23(25)26)18(24)21-5-7-22(8-6-21)29(27,28)15-4-2-3-14(19)11-15/h2-4,9-11H,5-8H2,1H3. The summed E-state index contributed by atoms with van der Waals surface area (Å²) in [4.78, 5) is 24.0. The molecule has 1 amide bonds. The number of carbonyl (C=O) groups is 1. The largest absolute Gasteiger partial charge is 0.336 e. The van der Waals surface area contributed by atoms with Gasteiger partial charge in [-0.15, -0.1) is 0 Å². The lowest BCUT2D eigenvalue weighted by Gasteiger charge is -2.34. The summed E-state index contributed by atoms with van der Waals surface area (Å²) >= 11 is 0. The predicted molar refractivity (Wildman–Crippen MR) is 98.9 cm³/mol. The van der Waals surface area contributed by atoms with Crippen molar-refractivity contribution in [2.45, 2.75) is 11.8 Å². The lowest BCUT2D eigenvalue weighted by molar-refractivity contribution is -0.385. The topological polar surface area (TPSA) is 101 Å². The van der Waals surface area contributed by atoms with E-state index in [0.717, 1.165) is 28.6 Å². The Balaban J connectivity index is 1.76. The molecule has 3 rings (SSSR count). The quantitative estimate of drug-likeness (QED) is 0.553. The maximum atomic E-state index is 14.0. The molecule has 2 aromatic rings. The molecule has 1 aliphatic rings. The zero-order valence-electron chi connectivity index (χ0n) is 15.3. The van der Waals surface area contributed by atoms with Crippen molar-refractivity contribution >= 4 is 21.6 Å². The van der Waals surface area contributed by atoms with Crippen LogP contribution in [0, 0.1) is 28.7 Å². The first-order valence-corrected chi connectivity index (χ1v) is 10.0. The Morgan fingerprint density at radius 1 is 1.10 bits per heavy atom. The number of hydrogen-bond acceptors (Lipinski definition) is 5. The van der Waals surface area contributed by atoms with Crippen molar-refractivity contribution in [2.75, 3.05) is 26.2 Å². The van der Waals surface area contributed by atoms with Gasteiger partial charge in [0.25, 0.3) is 11.6 Å². The zero-order valence-corrected chi connectivity index (χ0v) is 16.2. The summed E-state index contributed by atoms with van der Waals surface area (Å²) in [6, 6.07) is 6.57. The van der Waals surface area contributed by atoms with Crippen LogP contribution >= 0.6 is 0 Å². The first-order valence-electron chi connectivity index (χ1n) is 8.61. The van der Waals surface area contributed by atoms with Crippen molar-refractivity contribution in [3.8, 4) is 0 Å². The van der Waals surface area contributed by atoms with Crippen LogP contribution in [0.3, 0.4) is 0 Å². The molecule has 0 bridgehead atoms. The lowest BCUT2D eigenvalue weighted by atomic mass is 10.1. The number of nitro benzene ring substituents is 1. The summed E-state index contributed by atoms with van der Waals surface area (Å²) in [6.07, 6.45) is 0. The van der Waals surface area contributed by atoms with Crippen LogP contribution < -0.4 is 0 Å². The molecule has 0 atom stereocenters. The average Bonchev–Trinajstić information content (AvgIpc) is 2.69. The summed E-state index contributed by atoms with van der Waals surface area (Å²) in [6.45, 7) is 1.19. The van der Waals surface area contributed by atoms with Gasteiger partial charge in [0, 0.05) is 37.8 Å². The van der Waals surface area contributed by atoms with Crippen LogP contribution in [0.2, 0.25) is 0 Å². The Kier molecular flexibility index (Phi) is 5.62. The molecule has 0 radical (unpaired) electrons. The number of piperazine rings is 1. The number of sulfonamides is 1. The number of carbonyl (C=O) groups excluding carboxylic acids is 1. The van der Waals surface area contributed by atoms with Gasteiger partial charge in [0.05, 0.1) is 15.4 Å².